The van der Waals surface area contributed by atoms with Crippen molar-refractivity contribution in [3.05, 3.63) is 51.8 Å². The first kappa shape index (κ1) is 16.5. The molecule has 1 amide bonds. The van der Waals surface area contributed by atoms with Gasteiger partial charge in [0.05, 0.1) is 22.6 Å². The predicted molar refractivity (Wildman–Crippen MR) is 101 cm³/mol. The van der Waals surface area contributed by atoms with Crippen LogP contribution in [0.3, 0.4) is 0 Å². The minimum Gasteiger partial charge on any atom is -0.310 e. The number of H-pyrrole nitrogens is 1. The zero-order chi connectivity index (χ0) is 17.2. The molecule has 4 rings (SSSR count). The highest BCUT2D eigenvalue weighted by molar-refractivity contribution is 8.00. The molecule has 0 bridgehead atoms. The summed E-state index contributed by atoms with van der Waals surface area (Å²) in [5.74, 6) is 1.00. The minimum atomic E-state index is -0.120. The van der Waals surface area contributed by atoms with Gasteiger partial charge in [-0.25, -0.2) is 0 Å². The third kappa shape index (κ3) is 3.27. The van der Waals surface area contributed by atoms with Crippen LogP contribution in [0.5, 0.6) is 0 Å². The zero-order valence-electron chi connectivity index (χ0n) is 14.2. The number of anilines is 1. The fourth-order valence-electron chi connectivity index (χ4n) is 3.92. The normalized spacial score (nSPS) is 21.9. The molecule has 1 aromatic carbocycles. The molecule has 0 radical (unpaired) electrons. The predicted octanol–water partition coefficient (Wildman–Crippen LogP) is 3.85. The van der Waals surface area contributed by atoms with Crippen molar-refractivity contribution in [2.45, 2.75) is 49.8 Å². The van der Waals surface area contributed by atoms with Crippen LogP contribution in [0.2, 0.25) is 0 Å². The van der Waals surface area contributed by atoms with E-state index < -0.39 is 0 Å². The van der Waals surface area contributed by atoms with E-state index in [2.05, 4.69) is 10.4 Å². The van der Waals surface area contributed by atoms with Crippen LogP contribution < -0.4 is 10.9 Å². The quantitative estimate of drug-likeness (QED) is 0.803. The maximum absolute atomic E-state index is 12.8. The van der Waals surface area contributed by atoms with Gasteiger partial charge in [0.15, 0.2) is 0 Å². The Kier molecular flexibility index (Phi) is 4.70. The van der Waals surface area contributed by atoms with Crippen LogP contribution in [0.4, 0.5) is 5.82 Å². The van der Waals surface area contributed by atoms with Crippen molar-refractivity contribution in [1.82, 2.24) is 9.78 Å². The van der Waals surface area contributed by atoms with Crippen LogP contribution in [0, 0.1) is 0 Å². The fourth-order valence-corrected chi connectivity index (χ4v) is 5.05. The van der Waals surface area contributed by atoms with Crippen LogP contribution in [-0.4, -0.2) is 21.4 Å². The van der Waals surface area contributed by atoms with E-state index in [-0.39, 0.29) is 22.8 Å². The largest absolute Gasteiger partial charge is 0.310 e. The molecule has 1 aliphatic carbocycles. The molecule has 2 N–H and O–H groups in total. The second kappa shape index (κ2) is 7.12. The van der Waals surface area contributed by atoms with Crippen molar-refractivity contribution in [3.63, 3.8) is 0 Å². The van der Waals surface area contributed by atoms with E-state index >= 15 is 0 Å². The average Bonchev–Trinajstić information content (AvgIpc) is 2.84. The Morgan fingerprint density at radius 2 is 1.72 bits per heavy atom. The van der Waals surface area contributed by atoms with Gasteiger partial charge in [0.2, 0.25) is 5.91 Å². The van der Waals surface area contributed by atoms with Gasteiger partial charge in [-0.1, -0.05) is 56.0 Å². The summed E-state index contributed by atoms with van der Waals surface area (Å²) in [6.45, 7) is 0. The molecule has 2 heterocycles. The van der Waals surface area contributed by atoms with Crippen molar-refractivity contribution in [2.24, 2.45) is 0 Å². The first-order valence-electron chi connectivity index (χ1n) is 9.05. The van der Waals surface area contributed by atoms with Crippen LogP contribution in [0.1, 0.15) is 60.9 Å². The Bertz CT molecular complexity index is 804. The van der Waals surface area contributed by atoms with Gasteiger partial charge >= 0.3 is 0 Å². The van der Waals surface area contributed by atoms with E-state index in [1.807, 2.05) is 35.0 Å². The van der Waals surface area contributed by atoms with Crippen molar-refractivity contribution >= 4 is 23.5 Å². The Morgan fingerprint density at radius 3 is 2.44 bits per heavy atom. The van der Waals surface area contributed by atoms with Gasteiger partial charge in [-0.3, -0.25) is 19.4 Å². The molecule has 1 unspecified atom stereocenters. The standard InChI is InChI=1S/C19H23N3O2S/c23-15-12-25-17(13-8-4-3-5-9-13)16-18(20-15)22(21-19(16)24)14-10-6-1-2-7-11-14/h3-5,8-9,14,17H,1-2,6-7,10-12H2,(H,20,23)(H,21,24). The summed E-state index contributed by atoms with van der Waals surface area (Å²) in [6, 6.07) is 10.2. The molecule has 2 aliphatic rings. The number of hydrogen-bond acceptors (Lipinski definition) is 3. The van der Waals surface area contributed by atoms with Gasteiger partial charge in [0.25, 0.3) is 5.56 Å². The smallest absolute Gasteiger partial charge is 0.270 e. The summed E-state index contributed by atoms with van der Waals surface area (Å²) in [6.07, 6.45) is 6.94. The molecule has 1 aliphatic heterocycles. The molecule has 2 aromatic rings. The number of nitrogens with zero attached hydrogens (tertiary/aromatic N) is 1. The van der Waals surface area contributed by atoms with Gasteiger partial charge < -0.3 is 5.32 Å². The maximum Gasteiger partial charge on any atom is 0.270 e. The molecule has 1 atom stereocenters. The van der Waals surface area contributed by atoms with Gasteiger partial charge in [-0.2, -0.15) is 0 Å². The van der Waals surface area contributed by atoms with Crippen LogP contribution in [0.15, 0.2) is 35.1 Å². The average molecular weight is 357 g/mol. The number of rotatable bonds is 2. The van der Waals surface area contributed by atoms with Crippen LogP contribution in [0.25, 0.3) is 0 Å². The minimum absolute atomic E-state index is 0.0361. The number of carbonyl (C=O) groups excluding carboxylic acids is 1. The van der Waals surface area contributed by atoms with Gasteiger partial charge in [-0.05, 0) is 18.4 Å². The molecular weight excluding hydrogens is 334 g/mol. The number of carbonyl (C=O) groups is 1. The molecule has 6 heteroatoms. The lowest BCUT2D eigenvalue weighted by molar-refractivity contribution is -0.113. The monoisotopic (exact) mass is 357 g/mol. The molecule has 25 heavy (non-hydrogen) atoms. The number of amides is 1. The number of benzene rings is 1. The highest BCUT2D eigenvalue weighted by Gasteiger charge is 2.32. The molecule has 0 spiro atoms. The summed E-state index contributed by atoms with van der Waals surface area (Å²) >= 11 is 1.52. The Labute approximate surface area is 151 Å². The topological polar surface area (TPSA) is 66.9 Å². The first-order valence-corrected chi connectivity index (χ1v) is 10.1. The Morgan fingerprint density at radius 1 is 1.00 bits per heavy atom. The molecule has 5 nitrogen and oxygen atoms in total. The maximum atomic E-state index is 12.8. The number of nitrogens with one attached hydrogen (secondary N) is 2. The summed E-state index contributed by atoms with van der Waals surface area (Å²) in [4.78, 5) is 25.1. The van der Waals surface area contributed by atoms with Crippen molar-refractivity contribution in [1.29, 1.82) is 0 Å². The summed E-state index contributed by atoms with van der Waals surface area (Å²) in [5.41, 5.74) is 1.67. The van der Waals surface area contributed by atoms with E-state index in [1.54, 1.807) is 0 Å². The second-order valence-electron chi connectivity index (χ2n) is 6.87. The molecule has 1 saturated carbocycles. The zero-order valence-corrected chi connectivity index (χ0v) is 15.0. The number of thioether (sulfide) groups is 1. The number of hydrogen-bond donors (Lipinski definition) is 2. The summed E-state index contributed by atoms with van der Waals surface area (Å²) < 4.78 is 1.95. The summed E-state index contributed by atoms with van der Waals surface area (Å²) in [5, 5.41) is 5.92. The molecule has 0 saturated heterocycles. The highest BCUT2D eigenvalue weighted by Crippen LogP contribution is 2.41. The van der Waals surface area contributed by atoms with E-state index in [0.717, 1.165) is 18.4 Å². The first-order chi connectivity index (χ1) is 12.2. The number of fused-ring (bicyclic) bond motifs is 1. The van der Waals surface area contributed by atoms with Crippen molar-refractivity contribution in [3.8, 4) is 0 Å². The van der Waals surface area contributed by atoms with Crippen LogP contribution in [-0.2, 0) is 4.79 Å². The third-order valence-electron chi connectivity index (χ3n) is 5.16. The lowest BCUT2D eigenvalue weighted by Gasteiger charge is -2.19. The number of aromatic amines is 1. The lowest BCUT2D eigenvalue weighted by atomic mass is 10.1. The van der Waals surface area contributed by atoms with E-state index in [4.69, 9.17) is 0 Å². The second-order valence-corrected chi connectivity index (χ2v) is 7.96. The third-order valence-corrected chi connectivity index (χ3v) is 6.43. The van der Waals surface area contributed by atoms with Crippen molar-refractivity contribution in [2.75, 3.05) is 11.1 Å². The van der Waals surface area contributed by atoms with E-state index in [0.29, 0.717) is 17.1 Å². The van der Waals surface area contributed by atoms with Gasteiger partial charge in [0, 0.05) is 0 Å². The van der Waals surface area contributed by atoms with Gasteiger partial charge in [-0.15, -0.1) is 11.8 Å². The van der Waals surface area contributed by atoms with E-state index in [1.165, 1.54) is 37.4 Å². The summed E-state index contributed by atoms with van der Waals surface area (Å²) in [7, 11) is 0. The molecular formula is C19H23N3O2S. The molecule has 1 aromatic heterocycles. The SMILES string of the molecule is O=C1CSC(c2ccccc2)c2c(n(C3CCCCCC3)[nH]c2=O)N1. The van der Waals surface area contributed by atoms with Crippen LogP contribution >= 0.6 is 11.8 Å². The number of aromatic nitrogens is 2. The Balaban J connectivity index is 1.80. The molecule has 1 fully saturated rings. The van der Waals surface area contributed by atoms with Crippen molar-refractivity contribution < 1.29 is 4.79 Å². The van der Waals surface area contributed by atoms with Gasteiger partial charge in [0.1, 0.15) is 5.82 Å². The Hall–Kier alpha value is -1.95. The van der Waals surface area contributed by atoms with E-state index in [9.17, 15) is 9.59 Å². The molecule has 132 valence electrons. The highest BCUT2D eigenvalue weighted by atomic mass is 32.2. The fraction of sp³-hybridized carbons (Fsp3) is 0.474. The lowest BCUT2D eigenvalue weighted by Crippen LogP contribution is -2.19.